The summed E-state index contributed by atoms with van der Waals surface area (Å²) in [4.78, 5) is 0. The van der Waals surface area contributed by atoms with Crippen molar-refractivity contribution >= 4 is 15.9 Å². The molecule has 1 fully saturated rings. The Morgan fingerprint density at radius 1 is 1.29 bits per heavy atom. The summed E-state index contributed by atoms with van der Waals surface area (Å²) >= 11 is 3.77. The summed E-state index contributed by atoms with van der Waals surface area (Å²) in [6, 6.07) is 0.676. The highest BCUT2D eigenvalue weighted by molar-refractivity contribution is 9.10. The van der Waals surface area contributed by atoms with Gasteiger partial charge in [-0.05, 0) is 67.4 Å². The van der Waals surface area contributed by atoms with E-state index in [0.717, 1.165) is 31.8 Å². The highest BCUT2D eigenvalue weighted by Crippen LogP contribution is 2.31. The Balaban J connectivity index is 2.04. The molecule has 1 atom stereocenters. The Morgan fingerprint density at radius 3 is 2.57 bits per heavy atom. The van der Waals surface area contributed by atoms with Gasteiger partial charge in [-0.25, -0.2) is 0 Å². The topological polar surface area (TPSA) is 29.9 Å². The van der Waals surface area contributed by atoms with Gasteiger partial charge in [0, 0.05) is 12.6 Å². The van der Waals surface area contributed by atoms with E-state index in [1.807, 2.05) is 0 Å². The standard InChI is InChI=1S/C17H30BrN3/c1-4-14-17(18)16(21(6-3)20-14)12-11-15(19-5-2)13-9-7-8-10-13/h13,15,19H,4-12H2,1-3H3. The number of rotatable bonds is 8. The van der Waals surface area contributed by atoms with Crippen molar-refractivity contribution in [2.75, 3.05) is 6.54 Å². The monoisotopic (exact) mass is 355 g/mol. The van der Waals surface area contributed by atoms with E-state index in [9.17, 15) is 0 Å². The smallest absolute Gasteiger partial charge is 0.0766 e. The normalized spacial score (nSPS) is 17.5. The molecule has 21 heavy (non-hydrogen) atoms. The fourth-order valence-electron chi connectivity index (χ4n) is 3.67. The molecule has 2 rings (SSSR count). The van der Waals surface area contributed by atoms with Crippen LogP contribution in [0.2, 0.25) is 0 Å². The summed E-state index contributed by atoms with van der Waals surface area (Å²) in [5, 5.41) is 8.45. The SMILES string of the molecule is CCNC(CCc1c(Br)c(CC)nn1CC)C1CCCC1. The van der Waals surface area contributed by atoms with E-state index in [2.05, 4.69) is 46.7 Å². The van der Waals surface area contributed by atoms with Crippen molar-refractivity contribution in [3.8, 4) is 0 Å². The van der Waals surface area contributed by atoms with Crippen LogP contribution in [0.5, 0.6) is 0 Å². The second kappa shape index (κ2) is 8.33. The van der Waals surface area contributed by atoms with Crippen molar-refractivity contribution in [3.63, 3.8) is 0 Å². The first-order valence-electron chi connectivity index (χ1n) is 8.68. The van der Waals surface area contributed by atoms with Crippen molar-refractivity contribution in [2.45, 2.75) is 78.3 Å². The quantitative estimate of drug-likeness (QED) is 0.751. The lowest BCUT2D eigenvalue weighted by molar-refractivity contribution is 0.343. The highest BCUT2D eigenvalue weighted by atomic mass is 79.9. The average molecular weight is 356 g/mol. The molecule has 1 N–H and O–H groups in total. The largest absolute Gasteiger partial charge is 0.314 e. The number of aryl methyl sites for hydroxylation is 2. The third-order valence-electron chi connectivity index (χ3n) is 4.82. The van der Waals surface area contributed by atoms with Crippen molar-refractivity contribution < 1.29 is 0 Å². The van der Waals surface area contributed by atoms with Crippen LogP contribution in [0, 0.1) is 5.92 Å². The fraction of sp³-hybridized carbons (Fsp3) is 0.824. The van der Waals surface area contributed by atoms with Gasteiger partial charge in [-0.1, -0.05) is 26.7 Å². The maximum Gasteiger partial charge on any atom is 0.0766 e. The molecule has 0 aliphatic heterocycles. The molecule has 120 valence electrons. The minimum atomic E-state index is 0.676. The molecular formula is C17H30BrN3. The van der Waals surface area contributed by atoms with Crippen molar-refractivity contribution in [1.29, 1.82) is 0 Å². The molecule has 1 aliphatic carbocycles. The molecule has 0 spiro atoms. The first-order chi connectivity index (χ1) is 10.2. The summed E-state index contributed by atoms with van der Waals surface area (Å²) in [5.41, 5.74) is 2.59. The van der Waals surface area contributed by atoms with Gasteiger partial charge in [0.05, 0.1) is 15.9 Å². The van der Waals surface area contributed by atoms with Crippen LogP contribution in [0.3, 0.4) is 0 Å². The number of hydrogen-bond acceptors (Lipinski definition) is 2. The Bertz CT molecular complexity index is 435. The minimum absolute atomic E-state index is 0.676. The first kappa shape index (κ1) is 17.0. The average Bonchev–Trinajstić information content (AvgIpc) is 3.12. The molecule has 1 heterocycles. The third kappa shape index (κ3) is 4.10. The second-order valence-corrected chi connectivity index (χ2v) is 6.92. The zero-order valence-electron chi connectivity index (χ0n) is 13.8. The van der Waals surface area contributed by atoms with E-state index in [4.69, 9.17) is 5.10 Å². The fourth-order valence-corrected chi connectivity index (χ4v) is 4.44. The van der Waals surface area contributed by atoms with Gasteiger partial charge in [-0.15, -0.1) is 0 Å². The summed E-state index contributed by atoms with van der Waals surface area (Å²) in [6.07, 6.45) is 9.01. The van der Waals surface area contributed by atoms with Gasteiger partial charge in [0.2, 0.25) is 0 Å². The number of aromatic nitrogens is 2. The highest BCUT2D eigenvalue weighted by Gasteiger charge is 2.25. The predicted octanol–water partition coefficient (Wildman–Crippen LogP) is 4.33. The molecule has 0 saturated heterocycles. The molecule has 0 radical (unpaired) electrons. The van der Waals surface area contributed by atoms with Crippen LogP contribution >= 0.6 is 15.9 Å². The van der Waals surface area contributed by atoms with Gasteiger partial charge in [0.25, 0.3) is 0 Å². The Kier molecular flexibility index (Phi) is 6.74. The number of nitrogens with one attached hydrogen (secondary N) is 1. The molecular weight excluding hydrogens is 326 g/mol. The van der Waals surface area contributed by atoms with Crippen LogP contribution in [0.15, 0.2) is 4.47 Å². The van der Waals surface area contributed by atoms with Crippen LogP contribution in [-0.2, 0) is 19.4 Å². The Morgan fingerprint density at radius 2 is 2.00 bits per heavy atom. The predicted molar refractivity (Wildman–Crippen MR) is 92.7 cm³/mol. The molecule has 1 saturated carbocycles. The van der Waals surface area contributed by atoms with E-state index in [-0.39, 0.29) is 0 Å². The summed E-state index contributed by atoms with van der Waals surface area (Å²) < 4.78 is 3.43. The number of halogens is 1. The molecule has 0 amide bonds. The number of nitrogens with zero attached hydrogens (tertiary/aromatic N) is 2. The van der Waals surface area contributed by atoms with Gasteiger partial charge >= 0.3 is 0 Å². The van der Waals surface area contributed by atoms with Crippen LogP contribution < -0.4 is 5.32 Å². The van der Waals surface area contributed by atoms with Gasteiger partial charge in [-0.2, -0.15) is 5.10 Å². The lowest BCUT2D eigenvalue weighted by atomic mass is 9.93. The Hall–Kier alpha value is -0.350. The zero-order valence-corrected chi connectivity index (χ0v) is 15.4. The van der Waals surface area contributed by atoms with Gasteiger partial charge < -0.3 is 5.32 Å². The summed E-state index contributed by atoms with van der Waals surface area (Å²) in [7, 11) is 0. The van der Waals surface area contributed by atoms with Crippen LogP contribution in [0.4, 0.5) is 0 Å². The van der Waals surface area contributed by atoms with Crippen molar-refractivity contribution in [1.82, 2.24) is 15.1 Å². The molecule has 1 aliphatic rings. The summed E-state index contributed by atoms with van der Waals surface area (Å²) in [6.45, 7) is 8.63. The molecule has 3 nitrogen and oxygen atoms in total. The molecule has 1 aromatic rings. The minimum Gasteiger partial charge on any atom is -0.314 e. The maximum atomic E-state index is 4.72. The van der Waals surface area contributed by atoms with Crippen molar-refractivity contribution in [2.24, 2.45) is 5.92 Å². The van der Waals surface area contributed by atoms with Gasteiger partial charge in [0.15, 0.2) is 0 Å². The molecule has 0 bridgehead atoms. The lowest BCUT2D eigenvalue weighted by Crippen LogP contribution is -2.35. The van der Waals surface area contributed by atoms with E-state index in [1.54, 1.807) is 0 Å². The van der Waals surface area contributed by atoms with E-state index in [1.165, 1.54) is 48.0 Å². The number of hydrogen-bond donors (Lipinski definition) is 1. The third-order valence-corrected chi connectivity index (χ3v) is 5.74. The lowest BCUT2D eigenvalue weighted by Gasteiger charge is -2.24. The van der Waals surface area contributed by atoms with Crippen LogP contribution in [0.25, 0.3) is 0 Å². The first-order valence-corrected chi connectivity index (χ1v) is 9.47. The molecule has 1 aromatic heterocycles. The van der Waals surface area contributed by atoms with Crippen LogP contribution in [0.1, 0.15) is 64.3 Å². The van der Waals surface area contributed by atoms with E-state index >= 15 is 0 Å². The summed E-state index contributed by atoms with van der Waals surface area (Å²) in [5.74, 6) is 0.882. The van der Waals surface area contributed by atoms with Gasteiger partial charge in [0.1, 0.15) is 0 Å². The maximum absolute atomic E-state index is 4.72. The molecule has 1 unspecified atom stereocenters. The van der Waals surface area contributed by atoms with Crippen molar-refractivity contribution in [3.05, 3.63) is 15.9 Å². The second-order valence-electron chi connectivity index (χ2n) is 6.12. The molecule has 0 aromatic carbocycles. The van der Waals surface area contributed by atoms with Gasteiger partial charge in [-0.3, -0.25) is 4.68 Å². The van der Waals surface area contributed by atoms with Crippen LogP contribution in [-0.4, -0.2) is 22.4 Å². The zero-order chi connectivity index (χ0) is 15.2. The Labute approximate surface area is 138 Å². The van der Waals surface area contributed by atoms with E-state index in [0.29, 0.717) is 6.04 Å². The molecule has 4 heteroatoms. The van der Waals surface area contributed by atoms with E-state index < -0.39 is 0 Å².